The SMILES string of the molecule is COC(=O)CCS(=O)(=O)Nc1ccc(C(=O)O)nc1. The van der Waals surface area contributed by atoms with E-state index >= 15 is 0 Å². The van der Waals surface area contributed by atoms with E-state index in [1.807, 2.05) is 0 Å². The molecule has 0 radical (unpaired) electrons. The van der Waals surface area contributed by atoms with Crippen molar-refractivity contribution in [1.82, 2.24) is 4.98 Å². The van der Waals surface area contributed by atoms with Gasteiger partial charge in [0.05, 0.1) is 31.2 Å². The van der Waals surface area contributed by atoms with Crippen LogP contribution in [-0.2, 0) is 19.6 Å². The van der Waals surface area contributed by atoms with Crippen molar-refractivity contribution in [2.24, 2.45) is 0 Å². The molecule has 0 atom stereocenters. The van der Waals surface area contributed by atoms with Crippen LogP contribution in [0.25, 0.3) is 0 Å². The molecule has 0 aliphatic rings. The molecule has 1 heterocycles. The van der Waals surface area contributed by atoms with Gasteiger partial charge in [-0.2, -0.15) is 0 Å². The van der Waals surface area contributed by atoms with Gasteiger partial charge < -0.3 is 9.84 Å². The molecule has 9 heteroatoms. The number of nitrogens with zero attached hydrogens (tertiary/aromatic N) is 1. The van der Waals surface area contributed by atoms with Gasteiger partial charge in [-0.05, 0) is 12.1 Å². The normalized spacial score (nSPS) is 10.8. The zero-order valence-electron chi connectivity index (χ0n) is 9.99. The third-order valence-corrected chi connectivity index (χ3v) is 3.35. The number of carbonyl (C=O) groups is 2. The number of nitrogens with one attached hydrogen (secondary N) is 1. The second-order valence-electron chi connectivity index (χ2n) is 3.48. The minimum Gasteiger partial charge on any atom is -0.477 e. The summed E-state index contributed by atoms with van der Waals surface area (Å²) >= 11 is 0. The first-order valence-corrected chi connectivity index (χ1v) is 6.76. The number of methoxy groups -OCH3 is 1. The first-order chi connectivity index (χ1) is 8.84. The number of aromatic nitrogens is 1. The number of sulfonamides is 1. The Labute approximate surface area is 109 Å². The predicted molar refractivity (Wildman–Crippen MR) is 65.2 cm³/mol. The quantitative estimate of drug-likeness (QED) is 0.711. The lowest BCUT2D eigenvalue weighted by atomic mass is 10.3. The summed E-state index contributed by atoms with van der Waals surface area (Å²) in [6.45, 7) is 0. The van der Waals surface area contributed by atoms with Crippen LogP contribution < -0.4 is 4.72 Å². The van der Waals surface area contributed by atoms with Crippen molar-refractivity contribution in [3.05, 3.63) is 24.0 Å². The van der Waals surface area contributed by atoms with Gasteiger partial charge in [0.2, 0.25) is 10.0 Å². The van der Waals surface area contributed by atoms with Crippen LogP contribution in [0.5, 0.6) is 0 Å². The molecule has 0 saturated carbocycles. The van der Waals surface area contributed by atoms with Crippen LogP contribution in [0.3, 0.4) is 0 Å². The summed E-state index contributed by atoms with van der Waals surface area (Å²) < 4.78 is 29.7. The number of ether oxygens (including phenoxy) is 1. The van der Waals surface area contributed by atoms with Crippen LogP contribution in [0.1, 0.15) is 16.9 Å². The zero-order valence-corrected chi connectivity index (χ0v) is 10.8. The maximum atomic E-state index is 11.6. The largest absolute Gasteiger partial charge is 0.477 e. The number of hydrogen-bond acceptors (Lipinski definition) is 6. The van der Waals surface area contributed by atoms with Crippen molar-refractivity contribution < 1.29 is 27.9 Å². The minimum atomic E-state index is -3.71. The van der Waals surface area contributed by atoms with Crippen molar-refractivity contribution in [3.63, 3.8) is 0 Å². The van der Waals surface area contributed by atoms with Crippen LogP contribution in [-0.4, -0.2) is 43.3 Å². The Balaban J connectivity index is 2.67. The molecule has 0 amide bonds. The topological polar surface area (TPSA) is 123 Å². The fourth-order valence-corrected chi connectivity index (χ4v) is 2.15. The molecule has 0 unspecified atom stereocenters. The predicted octanol–water partition coefficient (Wildman–Crippen LogP) is 0.0846. The average molecular weight is 288 g/mol. The Kier molecular flexibility index (Phi) is 4.81. The molecule has 1 aromatic rings. The summed E-state index contributed by atoms with van der Waals surface area (Å²) in [6.07, 6.45) is 0.811. The lowest BCUT2D eigenvalue weighted by molar-refractivity contribution is -0.140. The highest BCUT2D eigenvalue weighted by Crippen LogP contribution is 2.09. The second kappa shape index (κ2) is 6.14. The Morgan fingerprint density at radius 2 is 2.11 bits per heavy atom. The van der Waals surface area contributed by atoms with E-state index in [1.165, 1.54) is 12.1 Å². The molecular formula is C10H12N2O6S. The highest BCUT2D eigenvalue weighted by molar-refractivity contribution is 7.92. The number of rotatable bonds is 6. The monoisotopic (exact) mass is 288 g/mol. The number of pyridine rings is 1. The van der Waals surface area contributed by atoms with Crippen LogP contribution in [0.2, 0.25) is 0 Å². The minimum absolute atomic E-state index is 0.120. The van der Waals surface area contributed by atoms with Gasteiger partial charge in [0.15, 0.2) is 0 Å². The highest BCUT2D eigenvalue weighted by Gasteiger charge is 2.14. The Morgan fingerprint density at radius 1 is 1.42 bits per heavy atom. The average Bonchev–Trinajstić information content (AvgIpc) is 2.36. The van der Waals surface area contributed by atoms with Gasteiger partial charge in [-0.25, -0.2) is 18.2 Å². The van der Waals surface area contributed by atoms with E-state index in [4.69, 9.17) is 5.11 Å². The molecule has 104 valence electrons. The molecule has 0 aromatic carbocycles. The van der Waals surface area contributed by atoms with Crippen molar-refractivity contribution in [3.8, 4) is 0 Å². The fourth-order valence-electron chi connectivity index (χ4n) is 1.13. The van der Waals surface area contributed by atoms with Crippen LogP contribution in [0, 0.1) is 0 Å². The molecule has 1 aromatic heterocycles. The molecule has 0 spiro atoms. The fraction of sp³-hybridized carbons (Fsp3) is 0.300. The van der Waals surface area contributed by atoms with E-state index in [9.17, 15) is 18.0 Å². The van der Waals surface area contributed by atoms with Crippen molar-refractivity contribution in [1.29, 1.82) is 0 Å². The number of esters is 1. The number of carboxylic acid groups (broad SMARTS) is 1. The van der Waals surface area contributed by atoms with Crippen molar-refractivity contribution in [2.45, 2.75) is 6.42 Å². The van der Waals surface area contributed by atoms with Gasteiger partial charge in [-0.1, -0.05) is 0 Å². The maximum absolute atomic E-state index is 11.6. The highest BCUT2D eigenvalue weighted by atomic mass is 32.2. The molecule has 19 heavy (non-hydrogen) atoms. The summed E-state index contributed by atoms with van der Waals surface area (Å²) in [4.78, 5) is 24.9. The number of aromatic carboxylic acids is 1. The number of carbonyl (C=O) groups excluding carboxylic acids is 1. The van der Waals surface area contributed by atoms with Gasteiger partial charge in [-0.15, -0.1) is 0 Å². The van der Waals surface area contributed by atoms with Crippen molar-refractivity contribution in [2.75, 3.05) is 17.6 Å². The van der Waals surface area contributed by atoms with Gasteiger partial charge in [-0.3, -0.25) is 9.52 Å². The lowest BCUT2D eigenvalue weighted by Gasteiger charge is -2.07. The van der Waals surface area contributed by atoms with E-state index in [1.54, 1.807) is 0 Å². The Bertz CT molecular complexity index is 566. The van der Waals surface area contributed by atoms with Gasteiger partial charge in [0, 0.05) is 0 Å². The third kappa shape index (κ3) is 4.92. The molecule has 0 aliphatic heterocycles. The number of anilines is 1. The number of hydrogen-bond donors (Lipinski definition) is 2. The summed E-state index contributed by atoms with van der Waals surface area (Å²) in [5, 5.41) is 8.63. The molecule has 0 bridgehead atoms. The van der Waals surface area contributed by atoms with Crippen LogP contribution in [0.4, 0.5) is 5.69 Å². The third-order valence-electron chi connectivity index (χ3n) is 2.06. The van der Waals surface area contributed by atoms with Crippen LogP contribution >= 0.6 is 0 Å². The van der Waals surface area contributed by atoms with E-state index < -0.39 is 27.7 Å². The smallest absolute Gasteiger partial charge is 0.354 e. The molecule has 2 N–H and O–H groups in total. The molecule has 8 nitrogen and oxygen atoms in total. The van der Waals surface area contributed by atoms with Gasteiger partial charge >= 0.3 is 11.9 Å². The van der Waals surface area contributed by atoms with Crippen LogP contribution in [0.15, 0.2) is 18.3 Å². The zero-order chi connectivity index (χ0) is 14.5. The van der Waals surface area contributed by atoms with E-state index in [2.05, 4.69) is 14.4 Å². The van der Waals surface area contributed by atoms with E-state index in [-0.39, 0.29) is 17.8 Å². The van der Waals surface area contributed by atoms with Gasteiger partial charge in [0.25, 0.3) is 0 Å². The summed E-state index contributed by atoms with van der Waals surface area (Å²) in [5.74, 6) is -2.27. The Morgan fingerprint density at radius 3 is 2.58 bits per heavy atom. The molecular weight excluding hydrogens is 276 g/mol. The molecule has 0 saturated heterocycles. The number of carboxylic acids is 1. The summed E-state index contributed by atoms with van der Waals surface area (Å²) in [6, 6.07) is 2.44. The molecule has 1 rings (SSSR count). The summed E-state index contributed by atoms with van der Waals surface area (Å²) in [7, 11) is -2.55. The van der Waals surface area contributed by atoms with E-state index in [0.717, 1.165) is 13.3 Å². The van der Waals surface area contributed by atoms with E-state index in [0.29, 0.717) is 0 Å². The second-order valence-corrected chi connectivity index (χ2v) is 5.33. The lowest BCUT2D eigenvalue weighted by Crippen LogP contribution is -2.19. The first-order valence-electron chi connectivity index (χ1n) is 5.11. The maximum Gasteiger partial charge on any atom is 0.354 e. The Hall–Kier alpha value is -2.16. The molecule has 0 aliphatic carbocycles. The van der Waals surface area contributed by atoms with Gasteiger partial charge in [0.1, 0.15) is 5.69 Å². The molecule has 0 fully saturated rings. The first kappa shape index (κ1) is 14.9. The van der Waals surface area contributed by atoms with Crippen molar-refractivity contribution >= 4 is 27.6 Å². The standard InChI is InChI=1S/C10H12N2O6S/c1-18-9(13)4-5-19(16,17)12-7-2-3-8(10(14)15)11-6-7/h2-3,6,12H,4-5H2,1H3,(H,14,15). The summed E-state index contributed by atoms with van der Waals surface area (Å²) in [5.41, 5.74) is -0.0765.